The molecule has 120 valence electrons. The molecule has 0 atom stereocenters. The summed E-state index contributed by atoms with van der Waals surface area (Å²) in [7, 11) is 1.48. The minimum Gasteiger partial charge on any atom is -0.469 e. The van der Waals surface area contributed by atoms with E-state index in [1.165, 1.54) is 34.2 Å². The van der Waals surface area contributed by atoms with E-state index in [0.717, 1.165) is 38.5 Å². The van der Waals surface area contributed by atoms with E-state index in [1.807, 2.05) is 0 Å². The lowest BCUT2D eigenvalue weighted by molar-refractivity contribution is -0.140. The van der Waals surface area contributed by atoms with Gasteiger partial charge >= 0.3 is 13.6 Å². The predicted molar refractivity (Wildman–Crippen MR) is 80.1 cm³/mol. The highest BCUT2D eigenvalue weighted by Gasteiger charge is 2.19. The summed E-state index contributed by atoms with van der Waals surface area (Å²) in [5.74, 6) is -0.120. The topological polar surface area (TPSA) is 61.8 Å². The molecule has 0 fully saturated rings. The second-order valence-corrected chi connectivity index (χ2v) is 7.25. The number of esters is 1. The molecule has 0 amide bonds. The average Bonchev–Trinajstić information content (AvgIpc) is 2.48. The number of hydrogen-bond acceptors (Lipinski definition) is 5. The Morgan fingerprint density at radius 3 is 1.70 bits per heavy atom. The lowest BCUT2D eigenvalue weighted by Gasteiger charge is -2.12. The van der Waals surface area contributed by atoms with Crippen LogP contribution in [0.15, 0.2) is 0 Å². The maximum atomic E-state index is 11.8. The fourth-order valence-corrected chi connectivity index (χ4v) is 3.12. The molecule has 0 aromatic rings. The van der Waals surface area contributed by atoms with Crippen LogP contribution >= 0.6 is 7.60 Å². The summed E-state index contributed by atoms with van der Waals surface area (Å²) < 4.78 is 26.1. The first-order chi connectivity index (χ1) is 9.58. The van der Waals surface area contributed by atoms with Crippen molar-refractivity contribution in [2.24, 2.45) is 0 Å². The molecule has 0 aliphatic heterocycles. The Morgan fingerprint density at radius 1 is 0.800 bits per heavy atom. The Labute approximate surface area is 122 Å². The van der Waals surface area contributed by atoms with E-state index in [9.17, 15) is 9.36 Å². The Balaban J connectivity index is 3.29. The molecule has 0 N–H and O–H groups in total. The van der Waals surface area contributed by atoms with Crippen LogP contribution in [0.1, 0.15) is 57.8 Å². The molecule has 0 radical (unpaired) electrons. The summed E-state index contributed by atoms with van der Waals surface area (Å²) in [5, 5.41) is 0. The van der Waals surface area contributed by atoms with E-state index in [0.29, 0.717) is 12.6 Å². The zero-order valence-electron chi connectivity index (χ0n) is 13.1. The summed E-state index contributed by atoms with van der Waals surface area (Å²) in [6, 6.07) is 0. The maximum Gasteiger partial charge on any atom is 0.330 e. The fraction of sp³-hybridized carbons (Fsp3) is 0.929. The third-order valence-electron chi connectivity index (χ3n) is 3.35. The molecule has 6 heteroatoms. The minimum absolute atomic E-state index is 0.120. The second-order valence-electron chi connectivity index (χ2n) is 4.85. The van der Waals surface area contributed by atoms with E-state index in [2.05, 4.69) is 4.74 Å². The van der Waals surface area contributed by atoms with Gasteiger partial charge in [-0.15, -0.1) is 0 Å². The van der Waals surface area contributed by atoms with Crippen molar-refractivity contribution in [1.82, 2.24) is 0 Å². The molecule has 0 rings (SSSR count). The van der Waals surface area contributed by atoms with Crippen LogP contribution in [-0.4, -0.2) is 33.5 Å². The van der Waals surface area contributed by atoms with Crippen LogP contribution in [0.3, 0.4) is 0 Å². The molecular weight excluding hydrogens is 279 g/mol. The van der Waals surface area contributed by atoms with E-state index >= 15 is 0 Å². The van der Waals surface area contributed by atoms with Gasteiger partial charge in [-0.3, -0.25) is 9.36 Å². The van der Waals surface area contributed by atoms with E-state index in [1.54, 1.807) is 0 Å². The number of hydrogen-bond donors (Lipinski definition) is 0. The molecule has 0 aliphatic rings. The van der Waals surface area contributed by atoms with Crippen molar-refractivity contribution in [2.75, 3.05) is 27.5 Å². The van der Waals surface area contributed by atoms with Gasteiger partial charge in [-0.05, 0) is 12.8 Å². The summed E-state index contributed by atoms with van der Waals surface area (Å²) >= 11 is 0. The first-order valence-corrected chi connectivity index (χ1v) is 9.08. The van der Waals surface area contributed by atoms with Crippen LogP contribution in [0.5, 0.6) is 0 Å². The van der Waals surface area contributed by atoms with Gasteiger partial charge in [0.15, 0.2) is 0 Å². The van der Waals surface area contributed by atoms with Gasteiger partial charge in [0.05, 0.1) is 13.3 Å². The zero-order chi connectivity index (χ0) is 15.3. The van der Waals surface area contributed by atoms with Crippen molar-refractivity contribution in [3.63, 3.8) is 0 Å². The highest BCUT2D eigenvalue weighted by molar-refractivity contribution is 7.53. The molecule has 5 nitrogen and oxygen atoms in total. The van der Waals surface area contributed by atoms with Gasteiger partial charge in [-0.25, -0.2) is 0 Å². The van der Waals surface area contributed by atoms with Crippen molar-refractivity contribution in [3.8, 4) is 0 Å². The lowest BCUT2D eigenvalue weighted by atomic mass is 10.1. The van der Waals surface area contributed by atoms with Gasteiger partial charge in [0, 0.05) is 20.6 Å². The van der Waals surface area contributed by atoms with Crippen LogP contribution < -0.4 is 0 Å². The monoisotopic (exact) mass is 308 g/mol. The SMILES string of the molecule is COC(=O)CCCCCCCCCCP(=O)(OC)OC. The van der Waals surface area contributed by atoms with Gasteiger partial charge in [-0.1, -0.05) is 38.5 Å². The quantitative estimate of drug-likeness (QED) is 0.290. The molecule has 0 bridgehead atoms. The van der Waals surface area contributed by atoms with Gasteiger partial charge in [0.1, 0.15) is 0 Å². The molecule has 0 aliphatic carbocycles. The second kappa shape index (κ2) is 12.4. The molecular formula is C14H29O5P. The largest absolute Gasteiger partial charge is 0.469 e. The molecule has 0 saturated heterocycles. The highest BCUT2D eigenvalue weighted by atomic mass is 31.2. The van der Waals surface area contributed by atoms with Crippen LogP contribution in [0.2, 0.25) is 0 Å². The zero-order valence-corrected chi connectivity index (χ0v) is 14.0. The van der Waals surface area contributed by atoms with Gasteiger partial charge < -0.3 is 13.8 Å². The van der Waals surface area contributed by atoms with Gasteiger partial charge in [0.25, 0.3) is 0 Å². The van der Waals surface area contributed by atoms with Crippen LogP contribution in [0, 0.1) is 0 Å². The Kier molecular flexibility index (Phi) is 12.1. The standard InChI is InChI=1S/C14H29O5P/c1-17-14(15)12-10-8-6-4-5-7-9-11-13-20(16,18-2)19-3/h4-13H2,1-3H3. The third-order valence-corrected chi connectivity index (χ3v) is 5.32. The van der Waals surface area contributed by atoms with Crippen LogP contribution in [-0.2, 0) is 23.1 Å². The lowest BCUT2D eigenvalue weighted by Crippen LogP contribution is -1.99. The first kappa shape index (κ1) is 19.6. The first-order valence-electron chi connectivity index (χ1n) is 7.35. The number of unbranched alkanes of at least 4 members (excludes halogenated alkanes) is 7. The Bertz CT molecular complexity index is 285. The van der Waals surface area contributed by atoms with Gasteiger partial charge in [0.2, 0.25) is 0 Å². The summed E-state index contributed by atoms with van der Waals surface area (Å²) in [4.78, 5) is 10.9. The molecule has 0 aromatic heterocycles. The normalized spacial score (nSPS) is 11.6. The van der Waals surface area contributed by atoms with Crippen LogP contribution in [0.4, 0.5) is 0 Å². The summed E-state index contributed by atoms with van der Waals surface area (Å²) in [6.07, 6.45) is 9.63. The van der Waals surface area contributed by atoms with E-state index in [4.69, 9.17) is 9.05 Å². The Morgan fingerprint density at radius 2 is 1.25 bits per heavy atom. The molecule has 0 aromatic carbocycles. The number of ether oxygens (including phenoxy) is 1. The van der Waals surface area contributed by atoms with Crippen molar-refractivity contribution >= 4 is 13.6 Å². The van der Waals surface area contributed by atoms with E-state index in [-0.39, 0.29) is 5.97 Å². The average molecular weight is 308 g/mol. The smallest absolute Gasteiger partial charge is 0.330 e. The van der Waals surface area contributed by atoms with Crippen molar-refractivity contribution < 1.29 is 23.1 Å². The van der Waals surface area contributed by atoms with Crippen molar-refractivity contribution in [2.45, 2.75) is 57.8 Å². The fourth-order valence-electron chi connectivity index (χ4n) is 1.99. The maximum absolute atomic E-state index is 11.8. The number of carbonyl (C=O) groups excluding carboxylic acids is 1. The molecule has 0 spiro atoms. The number of carbonyl (C=O) groups is 1. The molecule has 0 unspecified atom stereocenters. The van der Waals surface area contributed by atoms with Crippen molar-refractivity contribution in [3.05, 3.63) is 0 Å². The number of rotatable bonds is 13. The number of methoxy groups -OCH3 is 1. The Hall–Kier alpha value is -0.380. The third kappa shape index (κ3) is 10.4. The van der Waals surface area contributed by atoms with E-state index < -0.39 is 7.60 Å². The predicted octanol–water partition coefficient (Wildman–Crippen LogP) is 4.16. The summed E-state index contributed by atoms with van der Waals surface area (Å²) in [5.41, 5.74) is 0. The van der Waals surface area contributed by atoms with Gasteiger partial charge in [-0.2, -0.15) is 0 Å². The summed E-state index contributed by atoms with van der Waals surface area (Å²) in [6.45, 7) is 0. The molecule has 0 heterocycles. The molecule has 20 heavy (non-hydrogen) atoms. The van der Waals surface area contributed by atoms with Crippen molar-refractivity contribution in [1.29, 1.82) is 0 Å². The minimum atomic E-state index is -2.81. The van der Waals surface area contributed by atoms with Crippen LogP contribution in [0.25, 0.3) is 0 Å². The molecule has 0 saturated carbocycles. The highest BCUT2D eigenvalue weighted by Crippen LogP contribution is 2.47.